The van der Waals surface area contributed by atoms with Crippen LogP contribution in [0.25, 0.3) is 0 Å². The van der Waals surface area contributed by atoms with Crippen LogP contribution in [0, 0.1) is 6.92 Å². The average molecular weight is 382 g/mol. The molecule has 1 fully saturated rings. The van der Waals surface area contributed by atoms with Crippen molar-refractivity contribution in [1.82, 2.24) is 15.2 Å². The van der Waals surface area contributed by atoms with Gasteiger partial charge >= 0.3 is 0 Å². The van der Waals surface area contributed by atoms with Crippen LogP contribution in [0.3, 0.4) is 0 Å². The van der Waals surface area contributed by atoms with E-state index in [0.717, 1.165) is 18.2 Å². The first kappa shape index (κ1) is 19.8. The van der Waals surface area contributed by atoms with Crippen molar-refractivity contribution in [3.8, 4) is 0 Å². The molecule has 0 spiro atoms. The second kappa shape index (κ2) is 10.4. The summed E-state index contributed by atoms with van der Waals surface area (Å²) in [4.78, 5) is 6.54. The standard InChI is InChI=1S/C23H31N3S/c1-19-11-13-20(14-12-19)17-26(18-21-8-7-15-24-16-21)23(27)25-22-9-5-3-2-4-6-10-22/h7-8,11-16,22H,2-6,9-10,17-18H2,1H3,(H,25,27). The Balaban J connectivity index is 1.69. The van der Waals surface area contributed by atoms with E-state index in [2.05, 4.69) is 52.5 Å². The number of nitrogens with one attached hydrogen (secondary N) is 1. The third-order valence-corrected chi connectivity index (χ3v) is 5.69. The molecule has 0 atom stereocenters. The van der Waals surface area contributed by atoms with Gasteiger partial charge in [-0.2, -0.15) is 0 Å². The number of thiocarbonyl (C=S) groups is 1. The minimum atomic E-state index is 0.507. The zero-order chi connectivity index (χ0) is 18.9. The molecule has 1 aliphatic rings. The molecule has 3 rings (SSSR count). The summed E-state index contributed by atoms with van der Waals surface area (Å²) in [7, 11) is 0. The van der Waals surface area contributed by atoms with Gasteiger partial charge in [0, 0.05) is 31.5 Å². The highest BCUT2D eigenvalue weighted by Gasteiger charge is 2.17. The van der Waals surface area contributed by atoms with Crippen molar-refractivity contribution in [3.63, 3.8) is 0 Å². The van der Waals surface area contributed by atoms with Crippen molar-refractivity contribution in [3.05, 3.63) is 65.5 Å². The van der Waals surface area contributed by atoms with Crippen molar-refractivity contribution >= 4 is 17.3 Å². The van der Waals surface area contributed by atoms with Crippen LogP contribution in [0.15, 0.2) is 48.8 Å². The Morgan fingerprint density at radius 1 is 1.00 bits per heavy atom. The normalized spacial score (nSPS) is 15.6. The monoisotopic (exact) mass is 381 g/mol. The summed E-state index contributed by atoms with van der Waals surface area (Å²) in [5.41, 5.74) is 3.76. The van der Waals surface area contributed by atoms with Crippen molar-refractivity contribution in [2.45, 2.75) is 71.0 Å². The van der Waals surface area contributed by atoms with Crippen molar-refractivity contribution in [1.29, 1.82) is 0 Å². The summed E-state index contributed by atoms with van der Waals surface area (Å²) in [5, 5.41) is 4.54. The number of rotatable bonds is 5. The largest absolute Gasteiger partial charge is 0.360 e. The first-order chi connectivity index (χ1) is 13.2. The van der Waals surface area contributed by atoms with Gasteiger partial charge in [-0.3, -0.25) is 4.98 Å². The van der Waals surface area contributed by atoms with Gasteiger partial charge in [0.15, 0.2) is 5.11 Å². The number of aromatic nitrogens is 1. The maximum atomic E-state index is 5.85. The van der Waals surface area contributed by atoms with E-state index in [1.165, 1.54) is 61.6 Å². The molecule has 0 aliphatic heterocycles. The number of benzene rings is 1. The fraction of sp³-hybridized carbons (Fsp3) is 0.478. The molecule has 0 saturated heterocycles. The minimum absolute atomic E-state index is 0.507. The van der Waals surface area contributed by atoms with E-state index in [-0.39, 0.29) is 0 Å². The molecule has 3 nitrogen and oxygen atoms in total. The predicted molar refractivity (Wildman–Crippen MR) is 117 cm³/mol. The molecule has 1 aromatic heterocycles. The van der Waals surface area contributed by atoms with Gasteiger partial charge in [-0.05, 0) is 49.2 Å². The lowest BCUT2D eigenvalue weighted by molar-refractivity contribution is 0.370. The van der Waals surface area contributed by atoms with Crippen LogP contribution in [0.2, 0.25) is 0 Å². The summed E-state index contributed by atoms with van der Waals surface area (Å²) >= 11 is 5.85. The fourth-order valence-corrected chi connectivity index (χ4v) is 3.99. The van der Waals surface area contributed by atoms with Crippen molar-refractivity contribution < 1.29 is 0 Å². The van der Waals surface area contributed by atoms with Gasteiger partial charge < -0.3 is 10.2 Å². The number of hydrogen-bond acceptors (Lipinski definition) is 2. The number of aryl methyl sites for hydroxylation is 1. The summed E-state index contributed by atoms with van der Waals surface area (Å²) in [6.07, 6.45) is 12.9. The topological polar surface area (TPSA) is 28.2 Å². The Bertz CT molecular complexity index is 691. The summed E-state index contributed by atoms with van der Waals surface area (Å²) in [6, 6.07) is 13.4. The highest BCUT2D eigenvalue weighted by Crippen LogP contribution is 2.18. The van der Waals surface area contributed by atoms with Crippen molar-refractivity contribution in [2.24, 2.45) is 0 Å². The maximum absolute atomic E-state index is 5.85. The molecule has 0 unspecified atom stereocenters. The van der Waals surface area contributed by atoms with Crippen LogP contribution in [0.4, 0.5) is 0 Å². The summed E-state index contributed by atoms with van der Waals surface area (Å²) in [6.45, 7) is 3.71. The molecular weight excluding hydrogens is 350 g/mol. The predicted octanol–water partition coefficient (Wildman–Crippen LogP) is 5.38. The molecule has 1 aromatic carbocycles. The Morgan fingerprint density at radius 3 is 2.33 bits per heavy atom. The molecule has 27 heavy (non-hydrogen) atoms. The first-order valence-electron chi connectivity index (χ1n) is 10.2. The van der Waals surface area contributed by atoms with Gasteiger partial charge in [-0.1, -0.05) is 68.0 Å². The van der Waals surface area contributed by atoms with Crippen LogP contribution >= 0.6 is 12.2 Å². The molecule has 1 aliphatic carbocycles. The van der Waals surface area contributed by atoms with Crippen LogP contribution in [0.1, 0.15) is 61.6 Å². The summed E-state index contributed by atoms with van der Waals surface area (Å²) < 4.78 is 0. The number of hydrogen-bond donors (Lipinski definition) is 1. The molecule has 0 bridgehead atoms. The SMILES string of the molecule is Cc1ccc(CN(Cc2cccnc2)C(=S)NC2CCCCCCC2)cc1. The quantitative estimate of drug-likeness (QED) is 0.704. The lowest BCUT2D eigenvalue weighted by Gasteiger charge is -2.30. The second-order valence-corrected chi connectivity index (χ2v) is 8.08. The molecule has 0 radical (unpaired) electrons. The molecule has 1 saturated carbocycles. The fourth-order valence-electron chi connectivity index (χ4n) is 3.69. The molecule has 144 valence electrons. The van der Waals surface area contributed by atoms with Gasteiger partial charge in [0.25, 0.3) is 0 Å². The van der Waals surface area contributed by atoms with Crippen LogP contribution in [0.5, 0.6) is 0 Å². The smallest absolute Gasteiger partial charge is 0.169 e. The van der Waals surface area contributed by atoms with Gasteiger partial charge in [0.1, 0.15) is 0 Å². The third kappa shape index (κ3) is 6.62. The number of pyridine rings is 1. The highest BCUT2D eigenvalue weighted by atomic mass is 32.1. The van der Waals surface area contributed by atoms with Crippen LogP contribution in [-0.2, 0) is 13.1 Å². The van der Waals surface area contributed by atoms with Crippen LogP contribution in [-0.4, -0.2) is 21.0 Å². The lowest BCUT2D eigenvalue weighted by Crippen LogP contribution is -2.44. The van der Waals surface area contributed by atoms with Gasteiger partial charge in [0.2, 0.25) is 0 Å². The second-order valence-electron chi connectivity index (χ2n) is 7.69. The lowest BCUT2D eigenvalue weighted by atomic mass is 9.97. The Labute approximate surface area is 169 Å². The van der Waals surface area contributed by atoms with Crippen molar-refractivity contribution in [2.75, 3.05) is 0 Å². The van der Waals surface area contributed by atoms with E-state index in [0.29, 0.717) is 6.04 Å². The van der Waals surface area contributed by atoms with E-state index in [1.807, 2.05) is 18.5 Å². The van der Waals surface area contributed by atoms with E-state index in [4.69, 9.17) is 12.2 Å². The van der Waals surface area contributed by atoms with Gasteiger partial charge in [-0.25, -0.2) is 0 Å². The van der Waals surface area contributed by atoms with Crippen LogP contribution < -0.4 is 5.32 Å². The third-order valence-electron chi connectivity index (χ3n) is 5.31. The van der Waals surface area contributed by atoms with E-state index < -0.39 is 0 Å². The minimum Gasteiger partial charge on any atom is -0.360 e. The zero-order valence-electron chi connectivity index (χ0n) is 16.4. The maximum Gasteiger partial charge on any atom is 0.169 e. The van der Waals surface area contributed by atoms with E-state index >= 15 is 0 Å². The molecule has 2 aromatic rings. The first-order valence-corrected chi connectivity index (χ1v) is 10.6. The molecule has 0 amide bonds. The Hall–Kier alpha value is -1.94. The average Bonchev–Trinajstić information content (AvgIpc) is 2.66. The molecule has 4 heteroatoms. The summed E-state index contributed by atoms with van der Waals surface area (Å²) in [5.74, 6) is 0. The molecular formula is C23H31N3S. The molecule has 1 heterocycles. The zero-order valence-corrected chi connectivity index (χ0v) is 17.2. The number of nitrogens with zero attached hydrogens (tertiary/aromatic N) is 2. The Morgan fingerprint density at radius 2 is 1.67 bits per heavy atom. The molecule has 1 N–H and O–H groups in total. The van der Waals surface area contributed by atoms with E-state index in [9.17, 15) is 0 Å². The Kier molecular flexibility index (Phi) is 7.64. The van der Waals surface area contributed by atoms with Gasteiger partial charge in [0.05, 0.1) is 0 Å². The van der Waals surface area contributed by atoms with Gasteiger partial charge in [-0.15, -0.1) is 0 Å². The van der Waals surface area contributed by atoms with E-state index in [1.54, 1.807) is 0 Å². The highest BCUT2D eigenvalue weighted by molar-refractivity contribution is 7.80.